The lowest BCUT2D eigenvalue weighted by Crippen LogP contribution is -2.58. The number of hydrogen-bond donors (Lipinski definition) is 2. The highest BCUT2D eigenvalue weighted by molar-refractivity contribution is 5.85. The number of likely N-dealkylation sites (N-methyl/N-ethyl adjacent to an activating group) is 1. The Morgan fingerprint density at radius 3 is 2.18 bits per heavy atom. The molecule has 22 heavy (non-hydrogen) atoms. The van der Waals surface area contributed by atoms with Gasteiger partial charge in [-0.05, 0) is 31.5 Å². The summed E-state index contributed by atoms with van der Waals surface area (Å²) < 4.78 is 70.0. The molecule has 1 rings (SSSR count). The van der Waals surface area contributed by atoms with Crippen LogP contribution in [-0.2, 0) is 12.6 Å². The van der Waals surface area contributed by atoms with Crippen LogP contribution < -0.4 is 19.3 Å². The molecule has 0 saturated heterocycles. The van der Waals surface area contributed by atoms with Crippen molar-refractivity contribution in [1.82, 2.24) is 5.32 Å². The Balaban J connectivity index is 0. The third-order valence-corrected chi connectivity index (χ3v) is 2.35. The molecule has 0 amide bonds. The molecule has 0 radical (unpaired) electrons. The SMILES string of the molecule is CCNC(C)Cc1cccc(C(F)(F)F)c1.Cl.[O-][Cl+3]([O-])([O-])O. The highest BCUT2D eigenvalue weighted by Crippen LogP contribution is 2.29. The molecule has 1 unspecified atom stereocenters. The summed E-state index contributed by atoms with van der Waals surface area (Å²) in [4.78, 5) is 0. The van der Waals surface area contributed by atoms with Crippen LogP contribution in [0.5, 0.6) is 0 Å². The van der Waals surface area contributed by atoms with Crippen molar-refractivity contribution in [3.8, 4) is 0 Å². The van der Waals surface area contributed by atoms with Crippen LogP contribution in [0.4, 0.5) is 13.2 Å². The first kappa shape index (κ1) is 23.7. The summed E-state index contributed by atoms with van der Waals surface area (Å²) >= 11 is 0. The molecular formula is C12H18Cl2F3NO4. The van der Waals surface area contributed by atoms with Crippen molar-refractivity contribution < 1.29 is 42.1 Å². The number of nitrogens with one attached hydrogen (secondary N) is 1. The first-order valence-corrected chi connectivity index (χ1v) is 7.22. The second kappa shape index (κ2) is 10.2. The predicted octanol–water partition coefficient (Wildman–Crippen LogP) is -0.456. The lowest BCUT2D eigenvalue weighted by Gasteiger charge is -2.13. The van der Waals surface area contributed by atoms with Gasteiger partial charge in [-0.2, -0.15) is 27.1 Å². The zero-order valence-electron chi connectivity index (χ0n) is 11.9. The molecule has 0 bridgehead atoms. The van der Waals surface area contributed by atoms with Gasteiger partial charge in [0, 0.05) is 6.04 Å². The van der Waals surface area contributed by atoms with Gasteiger partial charge in [0.15, 0.2) is 0 Å². The van der Waals surface area contributed by atoms with Crippen molar-refractivity contribution in [2.24, 2.45) is 0 Å². The quantitative estimate of drug-likeness (QED) is 0.749. The van der Waals surface area contributed by atoms with Crippen LogP contribution in [0.25, 0.3) is 0 Å². The van der Waals surface area contributed by atoms with E-state index in [0.717, 1.165) is 12.6 Å². The summed E-state index contributed by atoms with van der Waals surface area (Å²) in [5.41, 5.74) is 0.136. The molecule has 0 spiro atoms. The van der Waals surface area contributed by atoms with Gasteiger partial charge in [0.25, 0.3) is 0 Å². The Hall–Kier alpha value is -0.610. The third-order valence-electron chi connectivity index (χ3n) is 2.35. The molecule has 0 aliphatic heterocycles. The summed E-state index contributed by atoms with van der Waals surface area (Å²) in [5.74, 6) is 0. The number of alkyl halides is 3. The van der Waals surface area contributed by atoms with E-state index in [9.17, 15) is 13.2 Å². The summed E-state index contributed by atoms with van der Waals surface area (Å²) in [5, 5.41) is 3.17. The molecule has 0 aliphatic rings. The fourth-order valence-corrected chi connectivity index (χ4v) is 1.65. The minimum Gasteiger partial charge on any atom is -0.314 e. The minimum atomic E-state index is -4.69. The molecule has 2 N–H and O–H groups in total. The molecule has 0 saturated carbocycles. The topological polar surface area (TPSA) is 101 Å². The number of benzene rings is 1. The monoisotopic (exact) mass is 367 g/mol. The van der Waals surface area contributed by atoms with Crippen LogP contribution in [0, 0.1) is 10.2 Å². The van der Waals surface area contributed by atoms with Gasteiger partial charge in [-0.15, -0.1) is 12.4 Å². The lowest BCUT2D eigenvalue weighted by molar-refractivity contribution is -1.92. The van der Waals surface area contributed by atoms with Crippen molar-refractivity contribution in [3.63, 3.8) is 0 Å². The maximum absolute atomic E-state index is 12.4. The Bertz CT molecular complexity index is 422. The standard InChI is InChI=1S/C12H16F3N.ClHO4.ClH/c1-3-16-9(2)7-10-5-4-6-11(8-10)12(13,14)15;2-1(3,4)5;/h4-6,8-9,16H,3,7H2,1-2H3;(H,2,3,4,5);1H. The number of hydrogen-bond acceptors (Lipinski definition) is 5. The fraction of sp³-hybridized carbons (Fsp3) is 0.500. The van der Waals surface area contributed by atoms with E-state index in [1.54, 1.807) is 6.07 Å². The normalized spacial score (nSPS) is 12.8. The average Bonchev–Trinajstić information content (AvgIpc) is 2.26. The first-order valence-electron chi connectivity index (χ1n) is 5.96. The van der Waals surface area contributed by atoms with E-state index in [-0.39, 0.29) is 18.4 Å². The summed E-state index contributed by atoms with van der Waals surface area (Å²) in [7, 11) is -4.69. The zero-order valence-corrected chi connectivity index (χ0v) is 13.5. The van der Waals surface area contributed by atoms with E-state index in [4.69, 9.17) is 18.6 Å². The van der Waals surface area contributed by atoms with E-state index in [0.29, 0.717) is 12.0 Å². The molecule has 1 aromatic rings. The Morgan fingerprint density at radius 1 is 1.27 bits per heavy atom. The Kier molecular flexibility index (Phi) is 11.0. The zero-order chi connectivity index (χ0) is 16.7. The maximum Gasteiger partial charge on any atom is 0.416 e. The Labute approximate surface area is 134 Å². The van der Waals surface area contributed by atoms with Crippen molar-refractivity contribution in [2.45, 2.75) is 32.5 Å². The van der Waals surface area contributed by atoms with Gasteiger partial charge in [-0.25, -0.2) is 0 Å². The molecule has 130 valence electrons. The molecule has 0 fully saturated rings. The van der Waals surface area contributed by atoms with Crippen molar-refractivity contribution in [3.05, 3.63) is 35.4 Å². The maximum atomic E-state index is 12.4. The fourth-order valence-electron chi connectivity index (χ4n) is 1.65. The van der Waals surface area contributed by atoms with Gasteiger partial charge in [-0.1, -0.05) is 25.1 Å². The second-order valence-corrected chi connectivity index (χ2v) is 5.05. The van der Waals surface area contributed by atoms with Crippen LogP contribution in [0.15, 0.2) is 24.3 Å². The molecule has 5 nitrogen and oxygen atoms in total. The molecular weight excluding hydrogens is 350 g/mol. The van der Waals surface area contributed by atoms with Crippen LogP contribution in [0.1, 0.15) is 25.0 Å². The molecule has 1 atom stereocenters. The highest BCUT2D eigenvalue weighted by Gasteiger charge is 2.30. The van der Waals surface area contributed by atoms with Crippen molar-refractivity contribution in [2.75, 3.05) is 6.54 Å². The van der Waals surface area contributed by atoms with Crippen LogP contribution in [-0.4, -0.2) is 17.2 Å². The van der Waals surface area contributed by atoms with Crippen molar-refractivity contribution in [1.29, 1.82) is 0 Å². The number of halogens is 5. The van der Waals surface area contributed by atoms with E-state index < -0.39 is 22.0 Å². The smallest absolute Gasteiger partial charge is 0.314 e. The molecule has 0 heterocycles. The van der Waals surface area contributed by atoms with Gasteiger partial charge < -0.3 is 5.32 Å². The van der Waals surface area contributed by atoms with Gasteiger partial charge in [0.1, 0.15) is 0 Å². The molecule has 0 aromatic heterocycles. The first-order chi connectivity index (χ1) is 9.43. The van der Waals surface area contributed by atoms with E-state index in [2.05, 4.69) is 5.32 Å². The Morgan fingerprint density at radius 2 is 1.77 bits per heavy atom. The average molecular weight is 368 g/mol. The number of rotatable bonds is 4. The van der Waals surface area contributed by atoms with Crippen LogP contribution in [0.3, 0.4) is 0 Å². The highest BCUT2D eigenvalue weighted by atomic mass is 35.7. The predicted molar refractivity (Wildman–Crippen MR) is 67.8 cm³/mol. The van der Waals surface area contributed by atoms with Gasteiger partial charge in [0.05, 0.1) is 20.5 Å². The van der Waals surface area contributed by atoms with Crippen LogP contribution >= 0.6 is 12.4 Å². The van der Waals surface area contributed by atoms with E-state index in [1.165, 1.54) is 12.1 Å². The second-order valence-electron chi connectivity index (χ2n) is 4.26. The molecule has 1 aromatic carbocycles. The molecule has 0 aliphatic carbocycles. The lowest BCUT2D eigenvalue weighted by atomic mass is 10.0. The summed E-state index contributed by atoms with van der Waals surface area (Å²) in [6.45, 7) is 4.76. The van der Waals surface area contributed by atoms with Gasteiger partial charge >= 0.3 is 6.18 Å². The largest absolute Gasteiger partial charge is 0.416 e. The molecule has 10 heteroatoms. The van der Waals surface area contributed by atoms with Gasteiger partial charge in [-0.3, -0.25) is 0 Å². The van der Waals surface area contributed by atoms with Crippen molar-refractivity contribution >= 4 is 12.4 Å². The van der Waals surface area contributed by atoms with Crippen LogP contribution in [0.2, 0.25) is 0 Å². The minimum absolute atomic E-state index is 0. The third kappa shape index (κ3) is 13.1. The van der Waals surface area contributed by atoms with E-state index >= 15 is 0 Å². The van der Waals surface area contributed by atoms with E-state index in [1.807, 2.05) is 13.8 Å². The van der Waals surface area contributed by atoms with Gasteiger partial charge in [0.2, 0.25) is 0 Å². The summed E-state index contributed by atoms with van der Waals surface area (Å²) in [6, 6.07) is 5.68. The summed E-state index contributed by atoms with van der Waals surface area (Å²) in [6.07, 6.45) is -3.64.